The number of alkyl halides is 3. The molecule has 5 rings (SSSR count). The lowest BCUT2D eigenvalue weighted by molar-refractivity contribution is -0.140. The Kier molecular flexibility index (Phi) is 5.02. The third-order valence-electron chi connectivity index (χ3n) is 6.24. The number of hydrogen-bond acceptors (Lipinski definition) is 4. The molecule has 0 N–H and O–H groups in total. The van der Waals surface area contributed by atoms with E-state index in [1.54, 1.807) is 34.1 Å². The minimum atomic E-state index is -4.53. The second-order valence-electron chi connectivity index (χ2n) is 8.28. The molecule has 33 heavy (non-hydrogen) atoms. The van der Waals surface area contributed by atoms with E-state index >= 15 is 0 Å². The maximum Gasteiger partial charge on any atom is 0.419 e. The molecule has 3 aromatic rings. The number of nitrogens with zero attached hydrogens (tertiary/aromatic N) is 4. The predicted octanol–water partition coefficient (Wildman–Crippen LogP) is 3.43. The van der Waals surface area contributed by atoms with Crippen molar-refractivity contribution in [2.24, 2.45) is 0 Å². The SMILES string of the molecule is Cc1cn(-c2ccc3n(c2=O)CCN(C2CCC2Oc2ccccc2C(F)(F)F)C3=O)cn1. The van der Waals surface area contributed by atoms with E-state index in [0.717, 1.165) is 11.8 Å². The van der Waals surface area contributed by atoms with Crippen LogP contribution >= 0.6 is 0 Å². The van der Waals surface area contributed by atoms with Crippen molar-refractivity contribution in [3.8, 4) is 11.4 Å². The van der Waals surface area contributed by atoms with Gasteiger partial charge in [0.1, 0.15) is 23.2 Å². The summed E-state index contributed by atoms with van der Waals surface area (Å²) in [6.45, 7) is 2.39. The third-order valence-corrected chi connectivity index (χ3v) is 6.24. The van der Waals surface area contributed by atoms with Gasteiger partial charge in [-0.25, -0.2) is 4.98 Å². The van der Waals surface area contributed by atoms with Crippen molar-refractivity contribution in [1.29, 1.82) is 0 Å². The van der Waals surface area contributed by atoms with Crippen LogP contribution in [0.3, 0.4) is 0 Å². The molecule has 2 unspecified atom stereocenters. The van der Waals surface area contributed by atoms with Gasteiger partial charge in [-0.3, -0.25) is 9.59 Å². The number of amides is 1. The van der Waals surface area contributed by atoms with Crippen LogP contribution in [0.5, 0.6) is 5.75 Å². The van der Waals surface area contributed by atoms with Crippen LogP contribution in [0.2, 0.25) is 0 Å². The minimum Gasteiger partial charge on any atom is -0.488 e. The number of pyridine rings is 1. The summed E-state index contributed by atoms with van der Waals surface area (Å²) in [5.41, 5.74) is 0.295. The lowest BCUT2D eigenvalue weighted by Gasteiger charge is -2.45. The molecular weight excluding hydrogens is 437 g/mol. The lowest BCUT2D eigenvalue weighted by Crippen LogP contribution is -2.58. The molecule has 1 amide bonds. The van der Waals surface area contributed by atoms with Gasteiger partial charge in [-0.05, 0) is 44.0 Å². The van der Waals surface area contributed by atoms with Crippen molar-refractivity contribution in [2.45, 2.75) is 44.6 Å². The molecular formula is C23H21F3N4O3. The maximum atomic E-state index is 13.3. The second-order valence-corrected chi connectivity index (χ2v) is 8.28. The summed E-state index contributed by atoms with van der Waals surface area (Å²) in [6.07, 6.45) is -0.611. The van der Waals surface area contributed by atoms with Crippen LogP contribution in [0.4, 0.5) is 13.2 Å². The Bertz CT molecular complexity index is 1280. The smallest absolute Gasteiger partial charge is 0.419 e. The fourth-order valence-electron chi connectivity index (χ4n) is 4.41. The number of aromatic nitrogens is 3. The van der Waals surface area contributed by atoms with Gasteiger partial charge >= 0.3 is 6.18 Å². The number of aryl methyl sites for hydroxylation is 1. The van der Waals surface area contributed by atoms with Crippen molar-refractivity contribution in [1.82, 2.24) is 19.0 Å². The van der Waals surface area contributed by atoms with E-state index in [-0.39, 0.29) is 35.5 Å². The highest BCUT2D eigenvalue weighted by Crippen LogP contribution is 2.39. The normalized spacial score (nSPS) is 20.4. The van der Waals surface area contributed by atoms with Gasteiger partial charge in [-0.2, -0.15) is 13.2 Å². The van der Waals surface area contributed by atoms with Crippen LogP contribution in [-0.2, 0) is 12.7 Å². The van der Waals surface area contributed by atoms with Crippen molar-refractivity contribution >= 4 is 5.91 Å². The molecule has 10 heteroatoms. The fourth-order valence-corrected chi connectivity index (χ4v) is 4.41. The van der Waals surface area contributed by atoms with Gasteiger partial charge in [-0.15, -0.1) is 0 Å². The fraction of sp³-hybridized carbons (Fsp3) is 0.348. The first-order valence-corrected chi connectivity index (χ1v) is 10.6. The lowest BCUT2D eigenvalue weighted by atomic mass is 9.86. The van der Waals surface area contributed by atoms with Crippen LogP contribution in [0.25, 0.3) is 5.69 Å². The molecule has 1 aromatic carbocycles. The highest BCUT2D eigenvalue weighted by atomic mass is 19.4. The minimum absolute atomic E-state index is 0.235. The number of imidazole rings is 1. The number of hydrogen-bond donors (Lipinski definition) is 0. The van der Waals surface area contributed by atoms with Gasteiger partial charge in [0.05, 0.1) is 23.6 Å². The van der Waals surface area contributed by atoms with Gasteiger partial charge in [0, 0.05) is 19.3 Å². The molecule has 1 aliphatic carbocycles. The molecule has 1 fully saturated rings. The van der Waals surface area contributed by atoms with E-state index in [1.165, 1.54) is 22.8 Å². The summed E-state index contributed by atoms with van der Waals surface area (Å²) in [7, 11) is 0. The first-order chi connectivity index (χ1) is 15.7. The van der Waals surface area contributed by atoms with E-state index in [9.17, 15) is 22.8 Å². The molecule has 3 heterocycles. The van der Waals surface area contributed by atoms with E-state index in [0.29, 0.717) is 25.1 Å². The molecule has 0 spiro atoms. The van der Waals surface area contributed by atoms with Crippen LogP contribution in [0.15, 0.2) is 53.7 Å². The molecule has 2 aliphatic rings. The summed E-state index contributed by atoms with van der Waals surface area (Å²) in [4.78, 5) is 31.9. The van der Waals surface area contributed by atoms with Gasteiger partial charge in [0.2, 0.25) is 0 Å². The van der Waals surface area contributed by atoms with Crippen LogP contribution < -0.4 is 10.3 Å². The molecule has 7 nitrogen and oxygen atoms in total. The average molecular weight is 458 g/mol. The third kappa shape index (κ3) is 3.69. The van der Waals surface area contributed by atoms with Crippen molar-refractivity contribution in [2.75, 3.05) is 6.54 Å². The van der Waals surface area contributed by atoms with Gasteiger partial charge in [-0.1, -0.05) is 12.1 Å². The van der Waals surface area contributed by atoms with E-state index in [1.807, 2.05) is 6.92 Å². The summed E-state index contributed by atoms with van der Waals surface area (Å²) in [5.74, 6) is -0.560. The predicted molar refractivity (Wildman–Crippen MR) is 112 cm³/mol. The number of halogens is 3. The Labute approximate surface area is 187 Å². The number of ether oxygens (including phenoxy) is 1. The number of fused-ring (bicyclic) bond motifs is 1. The second kappa shape index (κ2) is 7.79. The van der Waals surface area contributed by atoms with Crippen molar-refractivity contribution in [3.05, 3.63) is 76.2 Å². The number of para-hydroxylation sites is 1. The molecule has 1 aliphatic heterocycles. The molecule has 2 atom stereocenters. The topological polar surface area (TPSA) is 69.4 Å². The number of rotatable bonds is 4. The Morgan fingerprint density at radius 1 is 1.06 bits per heavy atom. The van der Waals surface area contributed by atoms with Crippen LogP contribution in [0, 0.1) is 6.92 Å². The number of benzene rings is 1. The monoisotopic (exact) mass is 458 g/mol. The standard InChI is InChI=1S/C23H21F3N4O3/c1-14-12-28(13-27-14)17-6-7-18-22(32)29(10-11-30(18)21(17)31)16-8-9-20(16)33-19-5-3-2-4-15(19)23(24,25)26/h2-7,12-13,16,20H,8-11H2,1H3. The quantitative estimate of drug-likeness (QED) is 0.601. The Morgan fingerprint density at radius 2 is 1.85 bits per heavy atom. The van der Waals surface area contributed by atoms with Gasteiger partial charge in [0.15, 0.2) is 0 Å². The van der Waals surface area contributed by atoms with Gasteiger partial charge in [0.25, 0.3) is 11.5 Å². The zero-order chi connectivity index (χ0) is 23.3. The van der Waals surface area contributed by atoms with E-state index in [4.69, 9.17) is 4.74 Å². The van der Waals surface area contributed by atoms with Crippen molar-refractivity contribution in [3.63, 3.8) is 0 Å². The largest absolute Gasteiger partial charge is 0.488 e. The Hall–Kier alpha value is -3.56. The summed E-state index contributed by atoms with van der Waals surface area (Å²) >= 11 is 0. The van der Waals surface area contributed by atoms with Crippen LogP contribution in [-0.4, -0.2) is 43.6 Å². The van der Waals surface area contributed by atoms with Crippen LogP contribution in [0.1, 0.15) is 34.6 Å². The summed E-state index contributed by atoms with van der Waals surface area (Å²) < 4.78 is 48.7. The molecule has 2 aromatic heterocycles. The summed E-state index contributed by atoms with van der Waals surface area (Å²) in [5, 5.41) is 0. The summed E-state index contributed by atoms with van der Waals surface area (Å²) in [6, 6.07) is 7.93. The maximum absolute atomic E-state index is 13.3. The Morgan fingerprint density at radius 3 is 2.52 bits per heavy atom. The molecule has 0 bridgehead atoms. The van der Waals surface area contributed by atoms with Gasteiger partial charge < -0.3 is 18.8 Å². The average Bonchev–Trinajstić information content (AvgIpc) is 3.19. The highest BCUT2D eigenvalue weighted by Gasteiger charge is 2.43. The number of carbonyl (C=O) groups excluding carboxylic acids is 1. The Balaban J connectivity index is 1.37. The van der Waals surface area contributed by atoms with E-state index in [2.05, 4.69) is 4.98 Å². The zero-order valence-corrected chi connectivity index (χ0v) is 17.7. The highest BCUT2D eigenvalue weighted by molar-refractivity contribution is 5.93. The van der Waals surface area contributed by atoms with E-state index < -0.39 is 17.8 Å². The molecule has 0 radical (unpaired) electrons. The first-order valence-electron chi connectivity index (χ1n) is 10.6. The molecule has 172 valence electrons. The molecule has 1 saturated carbocycles. The van der Waals surface area contributed by atoms with Crippen molar-refractivity contribution < 1.29 is 22.7 Å². The molecule has 0 saturated heterocycles. The first kappa shape index (κ1) is 21.3. The zero-order valence-electron chi connectivity index (χ0n) is 17.7. The number of carbonyl (C=O) groups is 1.